The molecule has 3 rings (SSSR count). The van der Waals surface area contributed by atoms with Gasteiger partial charge in [0, 0.05) is 11.8 Å². The number of phenolic OH excluding ortho intramolecular Hbond substituents is 1. The van der Waals surface area contributed by atoms with E-state index in [2.05, 4.69) is 30.3 Å². The lowest BCUT2D eigenvalue weighted by Crippen LogP contribution is -1.83. The number of phenols is 1. The van der Waals surface area contributed by atoms with Gasteiger partial charge in [0.05, 0.1) is 0 Å². The van der Waals surface area contributed by atoms with Gasteiger partial charge in [0.1, 0.15) is 5.75 Å². The molecule has 2 nitrogen and oxygen atoms in total. The van der Waals surface area contributed by atoms with E-state index in [0.29, 0.717) is 0 Å². The lowest BCUT2D eigenvalue weighted by Gasteiger charge is -2.08. The highest BCUT2D eigenvalue weighted by Crippen LogP contribution is 2.30. The molecule has 0 saturated carbocycles. The smallest absolute Gasteiger partial charge is 0.122 e. The van der Waals surface area contributed by atoms with Crippen LogP contribution in [-0.2, 0) is 0 Å². The van der Waals surface area contributed by atoms with Gasteiger partial charge >= 0.3 is 0 Å². The Kier molecular flexibility index (Phi) is 5.22. The van der Waals surface area contributed by atoms with Crippen LogP contribution in [0.4, 0.5) is 0 Å². The number of benzene rings is 3. The molecule has 0 unspecified atom stereocenters. The highest BCUT2D eigenvalue weighted by atomic mass is 16.3. The Bertz CT molecular complexity index is 924. The van der Waals surface area contributed by atoms with Crippen molar-refractivity contribution in [2.24, 2.45) is 0 Å². The fourth-order valence-electron chi connectivity index (χ4n) is 2.66. The number of nitrogens with one attached hydrogen (secondary N) is 1. The van der Waals surface area contributed by atoms with Crippen molar-refractivity contribution in [3.8, 4) is 28.0 Å². The second kappa shape index (κ2) is 7.93. The summed E-state index contributed by atoms with van der Waals surface area (Å²) in [6, 6.07) is 24.3. The average Bonchev–Trinajstić information content (AvgIpc) is 2.67. The van der Waals surface area contributed by atoms with Gasteiger partial charge in [0.25, 0.3) is 0 Å². The zero-order valence-electron chi connectivity index (χ0n) is 13.8. The maximum absolute atomic E-state index is 10.1. The molecule has 0 heterocycles. The Hall–Kier alpha value is -3.39. The van der Waals surface area contributed by atoms with Gasteiger partial charge in [-0.3, -0.25) is 0 Å². The lowest BCUT2D eigenvalue weighted by molar-refractivity contribution is 0.474. The average molecular weight is 325 g/mol. The first-order chi connectivity index (χ1) is 12.3. The summed E-state index contributed by atoms with van der Waals surface area (Å²) < 4.78 is 0. The molecule has 0 spiro atoms. The lowest BCUT2D eigenvalue weighted by atomic mass is 9.97. The van der Waals surface area contributed by atoms with Crippen LogP contribution in [0, 0.1) is 5.41 Å². The highest BCUT2D eigenvalue weighted by molar-refractivity contribution is 5.76. The van der Waals surface area contributed by atoms with E-state index in [4.69, 9.17) is 5.41 Å². The largest absolute Gasteiger partial charge is 0.507 e. The second-order valence-electron chi connectivity index (χ2n) is 5.63. The van der Waals surface area contributed by atoms with Gasteiger partial charge in [-0.15, -0.1) is 0 Å². The molecular weight excluding hydrogens is 306 g/mol. The Morgan fingerprint density at radius 2 is 1.32 bits per heavy atom. The van der Waals surface area contributed by atoms with E-state index in [9.17, 15) is 5.11 Å². The van der Waals surface area contributed by atoms with Crippen molar-refractivity contribution < 1.29 is 5.11 Å². The molecule has 0 amide bonds. The molecule has 0 aliphatic carbocycles. The van der Waals surface area contributed by atoms with Crippen LogP contribution in [-0.4, -0.2) is 11.3 Å². The van der Waals surface area contributed by atoms with Crippen molar-refractivity contribution in [1.29, 1.82) is 5.41 Å². The molecule has 3 aromatic carbocycles. The molecule has 0 saturated heterocycles. The zero-order valence-corrected chi connectivity index (χ0v) is 13.8. The molecular formula is C23H19NO. The summed E-state index contributed by atoms with van der Waals surface area (Å²) in [5, 5.41) is 17.0. The summed E-state index contributed by atoms with van der Waals surface area (Å²) >= 11 is 0. The van der Waals surface area contributed by atoms with Crippen molar-refractivity contribution in [1.82, 2.24) is 0 Å². The van der Waals surface area contributed by atoms with Gasteiger partial charge in [0.15, 0.2) is 0 Å². The topological polar surface area (TPSA) is 44.1 Å². The fraction of sp³-hybridized carbons (Fsp3) is 0. The molecule has 0 atom stereocenters. The molecule has 0 fully saturated rings. The minimum atomic E-state index is 0.238. The Balaban J connectivity index is 1.96. The van der Waals surface area contributed by atoms with Gasteiger partial charge in [0.2, 0.25) is 0 Å². The summed E-state index contributed by atoms with van der Waals surface area (Å²) in [7, 11) is 0. The van der Waals surface area contributed by atoms with E-state index < -0.39 is 0 Å². The summed E-state index contributed by atoms with van der Waals surface area (Å²) in [5.41, 5.74) is 5.24. The summed E-state index contributed by atoms with van der Waals surface area (Å²) in [6.45, 7) is 0. The SMILES string of the molecule is N=C/C=C\C=C\c1cc(-c2cccc(-c3ccccc3)c2)ccc1O. The van der Waals surface area contributed by atoms with E-state index >= 15 is 0 Å². The van der Waals surface area contributed by atoms with Crippen molar-refractivity contribution in [2.75, 3.05) is 0 Å². The van der Waals surface area contributed by atoms with Crippen LogP contribution in [0.5, 0.6) is 5.75 Å². The molecule has 3 aromatic rings. The Morgan fingerprint density at radius 3 is 2.08 bits per heavy atom. The number of aromatic hydroxyl groups is 1. The maximum atomic E-state index is 10.1. The van der Waals surface area contributed by atoms with Gasteiger partial charge in [-0.1, -0.05) is 72.8 Å². The van der Waals surface area contributed by atoms with Crippen molar-refractivity contribution >= 4 is 12.3 Å². The van der Waals surface area contributed by atoms with Crippen LogP contribution in [0.1, 0.15) is 5.56 Å². The molecule has 0 bridgehead atoms. The van der Waals surface area contributed by atoms with Gasteiger partial charge in [-0.05, 0) is 46.5 Å². The predicted octanol–water partition coefficient (Wildman–Crippen LogP) is 5.95. The number of hydrogen-bond acceptors (Lipinski definition) is 2. The van der Waals surface area contributed by atoms with Crippen LogP contribution in [0.15, 0.2) is 91.0 Å². The minimum Gasteiger partial charge on any atom is -0.507 e. The monoisotopic (exact) mass is 325 g/mol. The summed E-state index contributed by atoms with van der Waals surface area (Å²) in [4.78, 5) is 0. The van der Waals surface area contributed by atoms with Gasteiger partial charge in [-0.2, -0.15) is 0 Å². The van der Waals surface area contributed by atoms with E-state index in [1.54, 1.807) is 18.2 Å². The van der Waals surface area contributed by atoms with E-state index in [1.807, 2.05) is 48.6 Å². The number of rotatable bonds is 5. The zero-order chi connectivity index (χ0) is 17.5. The van der Waals surface area contributed by atoms with E-state index in [-0.39, 0.29) is 5.75 Å². The fourth-order valence-corrected chi connectivity index (χ4v) is 2.66. The molecule has 0 aliphatic rings. The third-order valence-corrected chi connectivity index (χ3v) is 3.92. The molecule has 2 N–H and O–H groups in total. The summed E-state index contributed by atoms with van der Waals surface area (Å²) in [6.07, 6.45) is 8.25. The van der Waals surface area contributed by atoms with Crippen molar-refractivity contribution in [3.63, 3.8) is 0 Å². The van der Waals surface area contributed by atoms with Crippen LogP contribution in [0.2, 0.25) is 0 Å². The van der Waals surface area contributed by atoms with E-state index in [1.165, 1.54) is 11.8 Å². The predicted molar refractivity (Wildman–Crippen MR) is 106 cm³/mol. The number of allylic oxidation sites excluding steroid dienone is 3. The second-order valence-corrected chi connectivity index (χ2v) is 5.63. The molecule has 0 aromatic heterocycles. The molecule has 122 valence electrons. The standard InChI is InChI=1S/C23H19NO/c24-15-6-2-5-10-22-17-21(13-14-23(22)25)20-12-7-11-19(16-20)18-8-3-1-4-9-18/h1-17,24-25H/b6-2-,10-5+,24-15?. The van der Waals surface area contributed by atoms with Crippen LogP contribution < -0.4 is 0 Å². The molecule has 25 heavy (non-hydrogen) atoms. The van der Waals surface area contributed by atoms with Crippen molar-refractivity contribution in [3.05, 3.63) is 96.6 Å². The highest BCUT2D eigenvalue weighted by Gasteiger charge is 2.04. The van der Waals surface area contributed by atoms with Crippen LogP contribution in [0.3, 0.4) is 0 Å². The summed E-state index contributed by atoms with van der Waals surface area (Å²) in [5.74, 6) is 0.238. The van der Waals surface area contributed by atoms with Crippen molar-refractivity contribution in [2.45, 2.75) is 0 Å². The quantitative estimate of drug-likeness (QED) is 0.442. The Morgan fingerprint density at radius 1 is 0.640 bits per heavy atom. The maximum Gasteiger partial charge on any atom is 0.122 e. The molecule has 2 heteroatoms. The van der Waals surface area contributed by atoms with Crippen LogP contribution in [0.25, 0.3) is 28.3 Å². The normalized spacial score (nSPS) is 11.2. The van der Waals surface area contributed by atoms with Crippen LogP contribution >= 0.6 is 0 Å². The minimum absolute atomic E-state index is 0.238. The third-order valence-electron chi connectivity index (χ3n) is 3.92. The first kappa shape index (κ1) is 16.5. The molecule has 0 aliphatic heterocycles. The first-order valence-electron chi connectivity index (χ1n) is 8.10. The van der Waals surface area contributed by atoms with E-state index in [0.717, 1.165) is 22.3 Å². The Labute approximate surface area is 147 Å². The molecule has 0 radical (unpaired) electrons. The third kappa shape index (κ3) is 4.12. The van der Waals surface area contributed by atoms with Gasteiger partial charge in [-0.25, -0.2) is 0 Å². The number of hydrogen-bond donors (Lipinski definition) is 2. The van der Waals surface area contributed by atoms with Gasteiger partial charge < -0.3 is 10.5 Å². The first-order valence-corrected chi connectivity index (χ1v) is 8.10.